The molecule has 23 heavy (non-hydrogen) atoms. The van der Waals surface area contributed by atoms with E-state index in [0.717, 1.165) is 36.4 Å². The minimum Gasteiger partial charge on any atom is -0.497 e. The van der Waals surface area contributed by atoms with E-state index < -0.39 is 0 Å². The number of halogens is 1. The van der Waals surface area contributed by atoms with Gasteiger partial charge in [-0.05, 0) is 31.0 Å². The van der Waals surface area contributed by atoms with Crippen molar-refractivity contribution in [2.75, 3.05) is 25.7 Å². The van der Waals surface area contributed by atoms with Crippen LogP contribution in [0.15, 0.2) is 29.2 Å². The van der Waals surface area contributed by atoms with Crippen molar-refractivity contribution in [3.8, 4) is 11.5 Å². The Balaban J connectivity index is 2.05. The normalized spacial score (nSPS) is 17.3. The Labute approximate surface area is 139 Å². The van der Waals surface area contributed by atoms with Gasteiger partial charge in [-0.2, -0.15) is 5.10 Å². The molecule has 1 aliphatic rings. The second-order valence-electron chi connectivity index (χ2n) is 5.36. The molecule has 1 N–H and O–H groups in total. The van der Waals surface area contributed by atoms with E-state index in [1.54, 1.807) is 20.4 Å². The van der Waals surface area contributed by atoms with Crippen LogP contribution in [0.4, 0.5) is 5.69 Å². The number of aromatic nitrogens is 2. The molecule has 7 heteroatoms. The smallest absolute Gasteiger partial charge is 0.285 e. The van der Waals surface area contributed by atoms with Crippen molar-refractivity contribution in [1.82, 2.24) is 10.2 Å². The van der Waals surface area contributed by atoms with Crippen molar-refractivity contribution in [3.63, 3.8) is 0 Å². The Morgan fingerprint density at radius 2 is 2.17 bits per heavy atom. The fraction of sp³-hybridized carbons (Fsp3) is 0.375. The van der Waals surface area contributed by atoms with E-state index in [4.69, 9.17) is 21.1 Å². The van der Waals surface area contributed by atoms with Crippen molar-refractivity contribution in [2.24, 2.45) is 0 Å². The van der Waals surface area contributed by atoms with E-state index in [1.807, 2.05) is 18.2 Å². The Bertz CT molecular complexity index is 762. The van der Waals surface area contributed by atoms with Gasteiger partial charge in [0.15, 0.2) is 0 Å². The molecular weight excluding hydrogens is 318 g/mol. The lowest BCUT2D eigenvalue weighted by Gasteiger charge is -2.28. The van der Waals surface area contributed by atoms with Crippen molar-refractivity contribution in [2.45, 2.75) is 18.9 Å². The number of rotatable bonds is 4. The molecule has 6 nitrogen and oxygen atoms in total. The fourth-order valence-electron chi connectivity index (χ4n) is 3.05. The molecular formula is C16H18ClN3O3. The van der Waals surface area contributed by atoms with Gasteiger partial charge in [-0.3, -0.25) is 4.79 Å². The Hall–Kier alpha value is -2.21. The van der Waals surface area contributed by atoms with Crippen LogP contribution in [0.3, 0.4) is 0 Å². The summed E-state index contributed by atoms with van der Waals surface area (Å²) < 4.78 is 10.8. The zero-order valence-corrected chi connectivity index (χ0v) is 13.8. The molecule has 2 aromatic rings. The predicted molar refractivity (Wildman–Crippen MR) is 88.7 cm³/mol. The molecule has 0 bridgehead atoms. The van der Waals surface area contributed by atoms with Gasteiger partial charge in [-0.1, -0.05) is 11.6 Å². The molecule has 0 spiro atoms. The molecule has 1 atom stereocenters. The molecule has 1 aromatic heterocycles. The number of H-pyrrole nitrogens is 1. The standard InChI is InChI=1S/C16H18ClN3O3/c1-22-10-5-6-14(23-2)11(8-10)12-4-3-7-20(12)13-9-18-19-16(21)15(13)17/h5-6,8-9,12H,3-4,7H2,1-2H3,(H,19,21). The first kappa shape index (κ1) is 15.7. The SMILES string of the molecule is COc1ccc(OC)c(C2CCCN2c2cn[nH]c(=O)c2Cl)c1. The average Bonchev–Trinajstić information content (AvgIpc) is 3.06. The molecule has 122 valence electrons. The van der Waals surface area contributed by atoms with Crippen LogP contribution in [0, 0.1) is 0 Å². The Morgan fingerprint density at radius 1 is 1.35 bits per heavy atom. The van der Waals surface area contributed by atoms with E-state index in [0.29, 0.717) is 5.69 Å². The number of ether oxygens (including phenoxy) is 2. The number of hydrogen-bond donors (Lipinski definition) is 1. The second kappa shape index (κ2) is 6.50. The highest BCUT2D eigenvalue weighted by molar-refractivity contribution is 6.33. The monoisotopic (exact) mass is 335 g/mol. The number of aromatic amines is 1. The molecule has 2 heterocycles. The summed E-state index contributed by atoms with van der Waals surface area (Å²) in [6.07, 6.45) is 3.52. The van der Waals surface area contributed by atoms with E-state index in [2.05, 4.69) is 15.1 Å². The average molecular weight is 336 g/mol. The molecule has 0 amide bonds. The molecule has 3 rings (SSSR count). The lowest BCUT2D eigenvalue weighted by atomic mass is 10.0. The molecule has 1 saturated heterocycles. The van der Waals surface area contributed by atoms with Gasteiger partial charge in [0.1, 0.15) is 16.5 Å². The van der Waals surface area contributed by atoms with Gasteiger partial charge in [-0.25, -0.2) is 5.10 Å². The number of benzene rings is 1. The third kappa shape index (κ3) is 2.86. The lowest BCUT2D eigenvalue weighted by Crippen LogP contribution is -2.25. The van der Waals surface area contributed by atoms with Gasteiger partial charge in [-0.15, -0.1) is 0 Å². The van der Waals surface area contributed by atoms with E-state index >= 15 is 0 Å². The fourth-order valence-corrected chi connectivity index (χ4v) is 3.25. The van der Waals surface area contributed by atoms with Gasteiger partial charge in [0.05, 0.1) is 32.1 Å². The van der Waals surface area contributed by atoms with Gasteiger partial charge in [0, 0.05) is 12.1 Å². The maximum absolute atomic E-state index is 11.7. The Morgan fingerprint density at radius 3 is 2.91 bits per heavy atom. The summed E-state index contributed by atoms with van der Waals surface area (Å²) in [7, 11) is 3.28. The van der Waals surface area contributed by atoms with Crippen molar-refractivity contribution < 1.29 is 9.47 Å². The summed E-state index contributed by atoms with van der Waals surface area (Å²) in [6, 6.07) is 5.78. The van der Waals surface area contributed by atoms with Crippen LogP contribution in [-0.2, 0) is 0 Å². The number of anilines is 1. The highest BCUT2D eigenvalue weighted by Crippen LogP contribution is 2.42. The summed E-state index contributed by atoms with van der Waals surface area (Å²) in [5, 5.41) is 6.39. The quantitative estimate of drug-likeness (QED) is 0.930. The highest BCUT2D eigenvalue weighted by atomic mass is 35.5. The maximum atomic E-state index is 11.7. The number of nitrogens with one attached hydrogen (secondary N) is 1. The minimum absolute atomic E-state index is 0.0566. The van der Waals surface area contributed by atoms with Crippen LogP contribution < -0.4 is 19.9 Å². The molecule has 0 radical (unpaired) electrons. The lowest BCUT2D eigenvalue weighted by molar-refractivity contribution is 0.395. The summed E-state index contributed by atoms with van der Waals surface area (Å²) in [5.74, 6) is 1.56. The van der Waals surface area contributed by atoms with E-state index in [-0.39, 0.29) is 16.6 Å². The third-order valence-corrected chi connectivity index (χ3v) is 4.50. The second-order valence-corrected chi connectivity index (χ2v) is 5.74. The van der Waals surface area contributed by atoms with Crippen molar-refractivity contribution in [3.05, 3.63) is 45.3 Å². The summed E-state index contributed by atoms with van der Waals surface area (Å²) >= 11 is 6.18. The van der Waals surface area contributed by atoms with E-state index in [9.17, 15) is 4.79 Å². The predicted octanol–water partition coefficient (Wildman–Crippen LogP) is 2.78. The first-order valence-electron chi connectivity index (χ1n) is 7.37. The summed E-state index contributed by atoms with van der Waals surface area (Å²) in [6.45, 7) is 0.801. The van der Waals surface area contributed by atoms with Crippen LogP contribution >= 0.6 is 11.6 Å². The van der Waals surface area contributed by atoms with Gasteiger partial charge in [0.2, 0.25) is 0 Å². The van der Waals surface area contributed by atoms with Crippen LogP contribution in [0.25, 0.3) is 0 Å². The van der Waals surface area contributed by atoms with Gasteiger partial charge in [0.25, 0.3) is 5.56 Å². The maximum Gasteiger partial charge on any atom is 0.285 e. The van der Waals surface area contributed by atoms with Gasteiger partial charge < -0.3 is 14.4 Å². The summed E-state index contributed by atoms with van der Waals surface area (Å²) in [4.78, 5) is 13.8. The molecule has 0 aliphatic carbocycles. The first-order valence-corrected chi connectivity index (χ1v) is 7.75. The van der Waals surface area contributed by atoms with Crippen molar-refractivity contribution >= 4 is 17.3 Å². The van der Waals surface area contributed by atoms with Gasteiger partial charge >= 0.3 is 0 Å². The van der Waals surface area contributed by atoms with Crippen LogP contribution in [0.1, 0.15) is 24.4 Å². The zero-order chi connectivity index (χ0) is 16.4. The molecule has 1 fully saturated rings. The number of nitrogens with zero attached hydrogens (tertiary/aromatic N) is 2. The molecule has 1 aromatic carbocycles. The number of hydrogen-bond acceptors (Lipinski definition) is 5. The van der Waals surface area contributed by atoms with Crippen LogP contribution in [0.5, 0.6) is 11.5 Å². The molecule has 1 unspecified atom stereocenters. The molecule has 1 aliphatic heterocycles. The Kier molecular flexibility index (Phi) is 4.43. The molecule has 0 saturated carbocycles. The van der Waals surface area contributed by atoms with Crippen molar-refractivity contribution in [1.29, 1.82) is 0 Å². The van der Waals surface area contributed by atoms with Crippen LogP contribution in [0.2, 0.25) is 5.02 Å². The largest absolute Gasteiger partial charge is 0.497 e. The van der Waals surface area contributed by atoms with Crippen LogP contribution in [-0.4, -0.2) is 31.0 Å². The topological polar surface area (TPSA) is 67.5 Å². The van der Waals surface area contributed by atoms with E-state index in [1.165, 1.54) is 0 Å². The third-order valence-electron chi connectivity index (χ3n) is 4.14. The number of methoxy groups -OCH3 is 2. The summed E-state index contributed by atoms with van der Waals surface area (Å²) in [5.41, 5.74) is 1.27. The first-order chi connectivity index (χ1) is 11.2. The highest BCUT2D eigenvalue weighted by Gasteiger charge is 2.31. The minimum atomic E-state index is -0.382. The zero-order valence-electron chi connectivity index (χ0n) is 13.0.